The number of hydrogen-bond acceptors (Lipinski definition) is 12. The van der Waals surface area contributed by atoms with Crippen LogP contribution in [0.3, 0.4) is 0 Å². The van der Waals surface area contributed by atoms with Crippen molar-refractivity contribution in [2.45, 2.75) is 50.6 Å². The molecular formula is C42H45ClF4N12O4S2. The predicted molar refractivity (Wildman–Crippen MR) is 242 cm³/mol. The minimum Gasteiger partial charge on any atom is -0.337 e. The fraction of sp³-hybridized carbons (Fsp3) is 0.381. The van der Waals surface area contributed by atoms with Crippen molar-refractivity contribution in [1.82, 2.24) is 45.1 Å². The van der Waals surface area contributed by atoms with E-state index in [0.29, 0.717) is 94.9 Å². The monoisotopic (exact) mass is 956 g/mol. The van der Waals surface area contributed by atoms with Crippen molar-refractivity contribution in [1.29, 1.82) is 0 Å². The Morgan fingerprint density at radius 2 is 1.05 bits per heavy atom. The number of ketones is 2. The molecular weight excluding hydrogens is 912 g/mol. The van der Waals surface area contributed by atoms with Gasteiger partial charge in [0.15, 0.2) is 0 Å². The number of piperazine rings is 2. The Morgan fingerprint density at radius 1 is 0.600 bits per heavy atom. The smallest absolute Gasteiger partial charge is 0.337 e. The highest BCUT2D eigenvalue weighted by molar-refractivity contribution is 7.59. The summed E-state index contributed by atoms with van der Waals surface area (Å²) in [5.74, 6) is -1.75. The van der Waals surface area contributed by atoms with E-state index in [9.17, 15) is 36.7 Å². The van der Waals surface area contributed by atoms with Crippen molar-refractivity contribution in [3.05, 3.63) is 111 Å². The topological polar surface area (TPSA) is 173 Å². The van der Waals surface area contributed by atoms with Crippen LogP contribution in [0, 0.1) is 23.3 Å². The van der Waals surface area contributed by atoms with Crippen LogP contribution in [0.15, 0.2) is 59.0 Å². The maximum absolute atomic E-state index is 13.6. The minimum atomic E-state index is -0.682. The van der Waals surface area contributed by atoms with Gasteiger partial charge < -0.3 is 20.0 Å². The van der Waals surface area contributed by atoms with Gasteiger partial charge >= 0.3 is 12.1 Å². The van der Waals surface area contributed by atoms with Gasteiger partial charge in [0.1, 0.15) is 34.8 Å². The largest absolute Gasteiger partial charge is 0.341 e. The van der Waals surface area contributed by atoms with Gasteiger partial charge in [-0.25, -0.2) is 57.1 Å². The molecule has 2 fully saturated rings. The van der Waals surface area contributed by atoms with Gasteiger partial charge in [-0.3, -0.25) is 9.59 Å². The second kappa shape index (κ2) is 21.5. The van der Waals surface area contributed by atoms with Gasteiger partial charge in [-0.15, -0.1) is 0 Å². The Bertz CT molecular complexity index is 2460. The average molecular weight is 957 g/mol. The van der Waals surface area contributed by atoms with E-state index >= 15 is 0 Å². The molecule has 2 saturated heterocycles. The molecule has 0 radical (unpaired) electrons. The second-order valence-corrected chi connectivity index (χ2v) is 15.8. The maximum atomic E-state index is 13.6. The number of nitrogens with one attached hydrogen (secondary N) is 1. The Hall–Kier alpha value is -5.71. The number of hydrazone groups is 2. The third kappa shape index (κ3) is 11.6. The molecule has 0 saturated carbocycles. The molecule has 65 heavy (non-hydrogen) atoms. The molecule has 2 aliphatic carbocycles. The first-order valence-corrected chi connectivity index (χ1v) is 20.7. The van der Waals surface area contributed by atoms with Gasteiger partial charge in [-0.1, -0.05) is 0 Å². The lowest BCUT2D eigenvalue weighted by Gasteiger charge is -2.37. The molecule has 23 heteroatoms. The van der Waals surface area contributed by atoms with Crippen molar-refractivity contribution < 1.29 is 36.7 Å². The van der Waals surface area contributed by atoms with E-state index < -0.39 is 35.4 Å². The molecule has 4 aromatic rings. The summed E-state index contributed by atoms with van der Waals surface area (Å²) in [5.41, 5.74) is 4.17. The molecule has 4 amide bonds. The number of aromatic nitrogens is 4. The summed E-state index contributed by atoms with van der Waals surface area (Å²) in [6, 6.07) is 5.09. The fourth-order valence-corrected chi connectivity index (χ4v) is 8.21. The zero-order chi connectivity index (χ0) is 44.2. The molecule has 6 heterocycles. The molecule has 0 bridgehead atoms. The Morgan fingerprint density at radius 3 is 1.54 bits per heavy atom. The van der Waals surface area contributed by atoms with Gasteiger partial charge in [0.2, 0.25) is 11.2 Å². The van der Waals surface area contributed by atoms with E-state index in [1.807, 2.05) is 4.90 Å². The highest BCUT2D eigenvalue weighted by Crippen LogP contribution is 2.32. The van der Waals surface area contributed by atoms with Crippen LogP contribution < -0.4 is 10.2 Å². The summed E-state index contributed by atoms with van der Waals surface area (Å²) >= 11 is 5.54. The van der Waals surface area contributed by atoms with E-state index in [-0.39, 0.29) is 55.9 Å². The van der Waals surface area contributed by atoms with Gasteiger partial charge in [-0.05, 0) is 58.1 Å². The van der Waals surface area contributed by atoms with Gasteiger partial charge in [0.05, 0.1) is 23.5 Å². The van der Waals surface area contributed by atoms with Crippen LogP contribution in [0.5, 0.6) is 0 Å². The number of fused-ring (bicyclic) bond motifs is 2. The number of Topliss-reactive ketones (excluding diaryl/α,β-unsaturated/α-hetero) is 2. The van der Waals surface area contributed by atoms with E-state index in [4.69, 9.17) is 11.6 Å². The summed E-state index contributed by atoms with van der Waals surface area (Å²) in [4.78, 5) is 70.0. The van der Waals surface area contributed by atoms with Gasteiger partial charge in [0.25, 0.3) is 0 Å². The molecule has 2 atom stereocenters. The van der Waals surface area contributed by atoms with Crippen LogP contribution in [-0.2, 0) is 35.3 Å². The van der Waals surface area contributed by atoms with Crippen LogP contribution in [0.4, 0.5) is 33.1 Å². The first-order valence-electron chi connectivity index (χ1n) is 20.4. The summed E-state index contributed by atoms with van der Waals surface area (Å²) in [6.45, 7) is 4.64. The van der Waals surface area contributed by atoms with E-state index in [0.717, 1.165) is 47.7 Å². The zero-order valence-electron chi connectivity index (χ0n) is 34.8. The van der Waals surface area contributed by atoms with E-state index in [1.165, 1.54) is 34.3 Å². The summed E-state index contributed by atoms with van der Waals surface area (Å²) in [7, 11) is 0. The lowest BCUT2D eigenvalue weighted by molar-refractivity contribution is -0.117. The second-order valence-electron chi connectivity index (χ2n) is 15.5. The molecule has 4 aliphatic heterocycles. The highest BCUT2D eigenvalue weighted by Gasteiger charge is 2.35. The average Bonchev–Trinajstić information content (AvgIpc) is 4.09. The maximum Gasteiger partial charge on any atom is 0.341 e. The normalized spacial score (nSPS) is 19.4. The third-order valence-electron chi connectivity index (χ3n) is 11.2. The SMILES string of the molecule is O=C(N1CCNCC1)N1N=CC[C@H]1c1cc(F)cc(F)c1.O=C1Cc2cnc(Cl)nc2C1.O=C1Cc2cnc(N3CCN(C(=O)N4N=CC[C@H]4c4cc(F)cc(F)c4)CC3)nc2C1.S.S. The Labute approximate surface area is 390 Å². The quantitative estimate of drug-likeness (QED) is 0.221. The Kier molecular flexibility index (Phi) is 16.1. The van der Waals surface area contributed by atoms with Crippen molar-refractivity contribution in [3.8, 4) is 0 Å². The number of anilines is 1. The van der Waals surface area contributed by atoms with E-state index in [1.54, 1.807) is 34.6 Å². The zero-order valence-corrected chi connectivity index (χ0v) is 37.5. The number of carbonyl (C=O) groups is 4. The van der Waals surface area contributed by atoms with Crippen molar-refractivity contribution in [3.63, 3.8) is 0 Å². The first kappa shape index (κ1) is 48.7. The van der Waals surface area contributed by atoms with Crippen LogP contribution >= 0.6 is 38.6 Å². The number of halogens is 5. The lowest BCUT2D eigenvalue weighted by atomic mass is 10.0. The first-order chi connectivity index (χ1) is 30.4. The van der Waals surface area contributed by atoms with Crippen molar-refractivity contribution in [2.24, 2.45) is 10.2 Å². The van der Waals surface area contributed by atoms with Crippen LogP contribution in [0.1, 0.15) is 58.6 Å². The van der Waals surface area contributed by atoms with Crippen LogP contribution in [0.2, 0.25) is 5.28 Å². The number of nitrogens with zero attached hydrogens (tertiary/aromatic N) is 11. The molecule has 2 aromatic heterocycles. The van der Waals surface area contributed by atoms with Crippen molar-refractivity contribution >= 4 is 80.6 Å². The third-order valence-corrected chi connectivity index (χ3v) is 11.4. The number of hydrogen-bond donors (Lipinski definition) is 1. The van der Waals surface area contributed by atoms with Crippen LogP contribution in [-0.4, -0.2) is 128 Å². The number of rotatable bonds is 3. The highest BCUT2D eigenvalue weighted by atomic mass is 35.5. The molecule has 10 rings (SSSR count). The predicted octanol–water partition coefficient (Wildman–Crippen LogP) is 4.84. The molecule has 0 unspecified atom stereocenters. The summed E-state index contributed by atoms with van der Waals surface area (Å²) in [6.07, 6.45) is 9.00. The molecule has 2 aromatic carbocycles. The Balaban J connectivity index is 0.000000177. The molecule has 0 spiro atoms. The van der Waals surface area contributed by atoms with Gasteiger partial charge in [0, 0.05) is 128 Å². The molecule has 16 nitrogen and oxygen atoms in total. The van der Waals surface area contributed by atoms with E-state index in [2.05, 4.69) is 35.5 Å². The fourth-order valence-electron chi connectivity index (χ4n) is 8.06. The number of carbonyl (C=O) groups excluding carboxylic acids is 4. The molecule has 1 N–H and O–H groups in total. The number of amides is 4. The number of benzene rings is 2. The molecule has 6 aliphatic rings. The lowest BCUT2D eigenvalue weighted by Crippen LogP contribution is -2.52. The summed E-state index contributed by atoms with van der Waals surface area (Å²) in [5, 5.41) is 14.2. The number of urea groups is 2. The minimum absolute atomic E-state index is 0. The van der Waals surface area contributed by atoms with Crippen LogP contribution in [0.25, 0.3) is 0 Å². The summed E-state index contributed by atoms with van der Waals surface area (Å²) < 4.78 is 54.0. The molecule has 344 valence electrons. The van der Waals surface area contributed by atoms with Crippen molar-refractivity contribution in [2.75, 3.05) is 57.3 Å². The standard InChI is InChI=1S/C21H20F2N6O2.C14H16F2N4O.C7H5ClN2O.2H2S/c22-15-7-13(8-16(23)10-15)19-1-2-25-29(19)21(31)28-5-3-27(4-6-28)20-24-12-14-9-17(30)11-18(14)26-20;15-11-7-10(8-12(16)9-11)13-1-2-18-20(13)14(21)19-5-3-17-4-6-19;8-7-9-3-4-1-5(11)2-6(4)10-7;;/h2,7-8,10,12,19H,1,3-6,9,11H2;2,7-9,13,17H,1,3-6H2;3H,1-2H2;2*1H2/t19-;13-;;;/m00.../s1. The van der Waals surface area contributed by atoms with Gasteiger partial charge in [-0.2, -0.15) is 37.2 Å².